The molecule has 1 aromatic rings. The Labute approximate surface area is 110 Å². The van der Waals surface area contributed by atoms with Crippen LogP contribution in [-0.2, 0) is 9.53 Å². The number of carbonyl (C=O) groups excluding carboxylic acids is 2. The highest BCUT2D eigenvalue weighted by Crippen LogP contribution is 2.31. The third kappa shape index (κ3) is 3.63. The van der Waals surface area contributed by atoms with E-state index in [0.717, 1.165) is 10.6 Å². The first kappa shape index (κ1) is 14.3. The van der Waals surface area contributed by atoms with Crippen molar-refractivity contribution in [2.24, 2.45) is 0 Å². The molecule has 1 rings (SSSR count). The molecule has 0 saturated heterocycles. The van der Waals surface area contributed by atoms with Gasteiger partial charge in [-0.2, -0.15) is 0 Å². The monoisotopic (exact) mass is 265 g/mol. The minimum absolute atomic E-state index is 0.339. The predicted octanol–water partition coefficient (Wildman–Crippen LogP) is 2.71. The van der Waals surface area contributed by atoms with Crippen molar-refractivity contribution in [2.75, 3.05) is 19.0 Å². The van der Waals surface area contributed by atoms with E-state index in [0.29, 0.717) is 23.4 Å². The van der Waals surface area contributed by atoms with Gasteiger partial charge in [0.05, 0.1) is 12.2 Å². The van der Waals surface area contributed by atoms with Crippen molar-refractivity contribution in [2.45, 2.75) is 11.8 Å². The van der Waals surface area contributed by atoms with Crippen LogP contribution in [0.5, 0.6) is 0 Å². The third-order valence-corrected chi connectivity index (χ3v) is 3.07. The molecular weight excluding hydrogens is 250 g/mol. The first-order valence-corrected chi connectivity index (χ1v) is 6.24. The molecule has 1 N–H and O–H groups in total. The fourth-order valence-corrected chi connectivity index (χ4v) is 2.06. The quantitative estimate of drug-likeness (QED) is 0.371. The van der Waals surface area contributed by atoms with E-state index in [1.165, 1.54) is 11.8 Å². The summed E-state index contributed by atoms with van der Waals surface area (Å²) in [6.07, 6.45) is 0.698. The van der Waals surface area contributed by atoms with Gasteiger partial charge in [-0.15, -0.1) is 0 Å². The number of nitrogens with one attached hydrogen (secondary N) is 1. The summed E-state index contributed by atoms with van der Waals surface area (Å²) in [4.78, 5) is 23.4. The van der Waals surface area contributed by atoms with Gasteiger partial charge in [-0.3, -0.25) is 4.79 Å². The highest BCUT2D eigenvalue weighted by atomic mass is 32.2. The van der Waals surface area contributed by atoms with Gasteiger partial charge in [0.15, 0.2) is 6.29 Å². The van der Waals surface area contributed by atoms with Crippen molar-refractivity contribution < 1.29 is 14.3 Å². The fourth-order valence-electron chi connectivity index (χ4n) is 1.32. The van der Waals surface area contributed by atoms with Gasteiger partial charge in [-0.05, 0) is 25.1 Å². The maximum absolute atomic E-state index is 11.6. The molecule has 0 aliphatic heterocycles. The number of hydrogen-bond donors (Lipinski definition) is 1. The average molecular weight is 265 g/mol. The van der Waals surface area contributed by atoms with Gasteiger partial charge >= 0.3 is 5.97 Å². The minimum Gasteiger partial charge on any atom is -0.462 e. The average Bonchev–Trinajstić information content (AvgIpc) is 2.39. The van der Waals surface area contributed by atoms with E-state index in [2.05, 4.69) is 11.9 Å². The molecule has 0 fully saturated rings. The second-order valence-corrected chi connectivity index (χ2v) is 4.54. The van der Waals surface area contributed by atoms with Gasteiger partial charge in [0, 0.05) is 22.5 Å². The van der Waals surface area contributed by atoms with Crippen LogP contribution in [0, 0.1) is 0 Å². The van der Waals surface area contributed by atoms with E-state index in [1.807, 2.05) is 0 Å². The van der Waals surface area contributed by atoms with Gasteiger partial charge in [-0.1, -0.05) is 18.3 Å². The first-order valence-electron chi connectivity index (χ1n) is 5.43. The number of benzene rings is 1. The van der Waals surface area contributed by atoms with E-state index in [1.54, 1.807) is 32.2 Å². The van der Waals surface area contributed by atoms with Crippen LogP contribution in [0.1, 0.15) is 17.3 Å². The molecule has 0 aromatic heterocycles. The van der Waals surface area contributed by atoms with Crippen LogP contribution >= 0.6 is 11.8 Å². The van der Waals surface area contributed by atoms with Crippen molar-refractivity contribution in [3.63, 3.8) is 0 Å². The highest BCUT2D eigenvalue weighted by Gasteiger charge is 2.10. The van der Waals surface area contributed by atoms with Gasteiger partial charge in [0.1, 0.15) is 0 Å². The second kappa shape index (κ2) is 6.86. The van der Waals surface area contributed by atoms with Crippen LogP contribution in [0.4, 0.5) is 5.69 Å². The first-order chi connectivity index (χ1) is 8.62. The number of aldehydes is 1. The molecule has 0 bridgehead atoms. The number of esters is 1. The number of rotatable bonds is 6. The standard InChI is InChI=1S/C13H15NO3S/c1-4-17-13(16)10-5-6-12(11(7-10)14-3)18-9(2)8-15/h5-8,14H,2,4H2,1,3H3. The van der Waals surface area contributed by atoms with Crippen LogP contribution in [0.15, 0.2) is 34.6 Å². The Hall–Kier alpha value is -1.75. The lowest BCUT2D eigenvalue weighted by Gasteiger charge is -2.10. The smallest absolute Gasteiger partial charge is 0.338 e. The molecule has 0 amide bonds. The van der Waals surface area contributed by atoms with E-state index >= 15 is 0 Å². The lowest BCUT2D eigenvalue weighted by molar-refractivity contribution is -0.104. The molecule has 0 unspecified atom stereocenters. The molecule has 0 spiro atoms. The van der Waals surface area contributed by atoms with Crippen LogP contribution in [0.25, 0.3) is 0 Å². The lowest BCUT2D eigenvalue weighted by Crippen LogP contribution is -2.05. The molecule has 0 aliphatic carbocycles. The summed E-state index contributed by atoms with van der Waals surface area (Å²) in [6, 6.07) is 5.12. The second-order valence-electron chi connectivity index (χ2n) is 3.37. The summed E-state index contributed by atoms with van der Waals surface area (Å²) >= 11 is 1.25. The van der Waals surface area contributed by atoms with Gasteiger partial charge < -0.3 is 10.1 Å². The lowest BCUT2D eigenvalue weighted by atomic mass is 10.2. The van der Waals surface area contributed by atoms with Crippen molar-refractivity contribution >= 4 is 29.7 Å². The Balaban J connectivity index is 2.99. The Kier molecular flexibility index (Phi) is 5.45. The molecule has 0 radical (unpaired) electrons. The molecular formula is C13H15NO3S. The zero-order valence-electron chi connectivity index (χ0n) is 10.4. The Bertz CT molecular complexity index is 471. The summed E-state index contributed by atoms with van der Waals surface area (Å²) in [7, 11) is 1.75. The predicted molar refractivity (Wildman–Crippen MR) is 73.0 cm³/mol. The zero-order chi connectivity index (χ0) is 13.5. The largest absolute Gasteiger partial charge is 0.462 e. The maximum atomic E-state index is 11.6. The highest BCUT2D eigenvalue weighted by molar-refractivity contribution is 8.04. The summed E-state index contributed by atoms with van der Waals surface area (Å²) in [6.45, 7) is 5.70. The third-order valence-electron chi connectivity index (χ3n) is 2.13. The van der Waals surface area contributed by atoms with Gasteiger partial charge in [0.25, 0.3) is 0 Å². The summed E-state index contributed by atoms with van der Waals surface area (Å²) in [5.74, 6) is -0.361. The van der Waals surface area contributed by atoms with E-state index in [-0.39, 0.29) is 5.97 Å². The summed E-state index contributed by atoms with van der Waals surface area (Å²) in [5, 5.41) is 2.98. The molecule has 96 valence electrons. The van der Waals surface area contributed by atoms with Crippen LogP contribution in [-0.4, -0.2) is 25.9 Å². The topological polar surface area (TPSA) is 55.4 Å². The molecule has 18 heavy (non-hydrogen) atoms. The van der Waals surface area contributed by atoms with Crippen molar-refractivity contribution in [3.05, 3.63) is 35.2 Å². The van der Waals surface area contributed by atoms with E-state index in [4.69, 9.17) is 4.74 Å². The molecule has 1 aromatic carbocycles. The number of carbonyl (C=O) groups is 2. The number of thioether (sulfide) groups is 1. The maximum Gasteiger partial charge on any atom is 0.338 e. The summed E-state index contributed by atoms with van der Waals surface area (Å²) < 4.78 is 4.92. The van der Waals surface area contributed by atoms with E-state index in [9.17, 15) is 9.59 Å². The normalized spacial score (nSPS) is 9.67. The zero-order valence-corrected chi connectivity index (χ0v) is 11.2. The fraction of sp³-hybridized carbons (Fsp3) is 0.231. The number of allylic oxidation sites excluding steroid dienone is 1. The molecule has 0 saturated carbocycles. The molecule has 0 aliphatic rings. The minimum atomic E-state index is -0.361. The summed E-state index contributed by atoms with van der Waals surface area (Å²) in [5.41, 5.74) is 1.23. The van der Waals surface area contributed by atoms with Gasteiger partial charge in [0.2, 0.25) is 0 Å². The molecule has 4 nitrogen and oxygen atoms in total. The van der Waals surface area contributed by atoms with E-state index < -0.39 is 0 Å². The number of ether oxygens (including phenoxy) is 1. The van der Waals surface area contributed by atoms with Crippen molar-refractivity contribution in [1.82, 2.24) is 0 Å². The number of anilines is 1. The Morgan fingerprint density at radius 2 is 2.28 bits per heavy atom. The van der Waals surface area contributed by atoms with Crippen LogP contribution < -0.4 is 5.32 Å². The molecule has 0 atom stereocenters. The Morgan fingerprint density at radius 3 is 2.83 bits per heavy atom. The molecule has 5 heteroatoms. The SMILES string of the molecule is C=C(C=O)Sc1ccc(C(=O)OCC)cc1NC. The van der Waals surface area contributed by atoms with Crippen LogP contribution in [0.3, 0.4) is 0 Å². The number of hydrogen-bond acceptors (Lipinski definition) is 5. The Morgan fingerprint density at radius 1 is 1.56 bits per heavy atom. The van der Waals surface area contributed by atoms with Crippen LogP contribution in [0.2, 0.25) is 0 Å². The van der Waals surface area contributed by atoms with Gasteiger partial charge in [-0.25, -0.2) is 4.79 Å². The van der Waals surface area contributed by atoms with Crippen molar-refractivity contribution in [3.8, 4) is 0 Å². The van der Waals surface area contributed by atoms with Crippen molar-refractivity contribution in [1.29, 1.82) is 0 Å². The molecule has 0 heterocycles.